The molecule has 5 nitrogen and oxygen atoms in total. The van der Waals surface area contributed by atoms with Crippen molar-refractivity contribution in [1.29, 1.82) is 0 Å². The summed E-state index contributed by atoms with van der Waals surface area (Å²) in [6, 6.07) is 13.9. The molecule has 0 aliphatic carbocycles. The highest BCUT2D eigenvalue weighted by Crippen LogP contribution is 2.28. The largest absolute Gasteiger partial charge is 0.339 e. The van der Waals surface area contributed by atoms with Gasteiger partial charge in [-0.25, -0.2) is 0 Å². The van der Waals surface area contributed by atoms with E-state index in [4.69, 9.17) is 11.6 Å². The Morgan fingerprint density at radius 2 is 1.61 bits per heavy atom. The predicted molar refractivity (Wildman–Crippen MR) is 111 cm³/mol. The van der Waals surface area contributed by atoms with Crippen molar-refractivity contribution in [1.82, 2.24) is 10.2 Å². The molecule has 0 spiro atoms. The van der Waals surface area contributed by atoms with Crippen LogP contribution in [-0.2, 0) is 0 Å². The fraction of sp³-hybridized carbons (Fsp3) is 0.364. The Hall–Kier alpha value is -2.37. The van der Waals surface area contributed by atoms with Crippen LogP contribution in [0.2, 0.25) is 5.02 Å². The number of halogens is 1. The number of nitrogens with one attached hydrogen (secondary N) is 2. The third kappa shape index (κ3) is 4.05. The number of hydrogen-bond donors (Lipinski definition) is 2. The van der Waals surface area contributed by atoms with Gasteiger partial charge in [-0.1, -0.05) is 23.7 Å². The number of fused-ring (bicyclic) bond motifs is 1. The molecule has 2 atom stereocenters. The van der Waals surface area contributed by atoms with Crippen LogP contribution in [0.3, 0.4) is 0 Å². The van der Waals surface area contributed by atoms with Crippen LogP contribution in [0.5, 0.6) is 0 Å². The van der Waals surface area contributed by atoms with E-state index in [1.807, 2.05) is 17.0 Å². The quantitative estimate of drug-likeness (QED) is 0.830. The molecule has 0 aromatic heterocycles. The first-order valence-corrected chi connectivity index (χ1v) is 10.2. The minimum atomic E-state index is -0.256. The number of nitrogens with zero attached hydrogens (tertiary/aromatic N) is 1. The van der Waals surface area contributed by atoms with E-state index in [2.05, 4.69) is 10.6 Å². The molecule has 2 amide bonds. The maximum absolute atomic E-state index is 13.2. The van der Waals surface area contributed by atoms with Gasteiger partial charge in [-0.2, -0.15) is 0 Å². The fourth-order valence-corrected chi connectivity index (χ4v) is 4.29. The van der Waals surface area contributed by atoms with Crippen molar-refractivity contribution in [2.45, 2.75) is 12.8 Å². The average molecular weight is 398 g/mol. The maximum atomic E-state index is 13.2. The van der Waals surface area contributed by atoms with E-state index in [-0.39, 0.29) is 11.8 Å². The summed E-state index contributed by atoms with van der Waals surface area (Å²) < 4.78 is 0. The van der Waals surface area contributed by atoms with E-state index in [1.54, 1.807) is 36.4 Å². The van der Waals surface area contributed by atoms with Gasteiger partial charge in [0.15, 0.2) is 0 Å². The van der Waals surface area contributed by atoms with Crippen LogP contribution in [-0.4, -0.2) is 42.9 Å². The highest BCUT2D eigenvalue weighted by Gasteiger charge is 2.32. The van der Waals surface area contributed by atoms with Gasteiger partial charge in [-0.3, -0.25) is 9.59 Å². The van der Waals surface area contributed by atoms with Crippen molar-refractivity contribution < 1.29 is 9.59 Å². The lowest BCUT2D eigenvalue weighted by molar-refractivity contribution is 0.0759. The van der Waals surface area contributed by atoms with Gasteiger partial charge in [0.05, 0.1) is 11.3 Å². The molecule has 2 aliphatic heterocycles. The Labute approximate surface area is 170 Å². The Morgan fingerprint density at radius 1 is 0.964 bits per heavy atom. The summed E-state index contributed by atoms with van der Waals surface area (Å²) >= 11 is 5.89. The van der Waals surface area contributed by atoms with E-state index < -0.39 is 0 Å². The lowest BCUT2D eigenvalue weighted by Gasteiger charge is -2.22. The zero-order valence-electron chi connectivity index (χ0n) is 15.7. The summed E-state index contributed by atoms with van der Waals surface area (Å²) in [7, 11) is 0. The van der Waals surface area contributed by atoms with Gasteiger partial charge in [0.1, 0.15) is 0 Å². The average Bonchev–Trinajstić information content (AvgIpc) is 3.06. The fourth-order valence-electron chi connectivity index (χ4n) is 4.17. The number of benzene rings is 2. The van der Waals surface area contributed by atoms with Crippen LogP contribution in [0.25, 0.3) is 0 Å². The number of hydrogen-bond acceptors (Lipinski definition) is 3. The first kappa shape index (κ1) is 19.0. The third-order valence-corrected chi connectivity index (χ3v) is 6.07. The lowest BCUT2D eigenvalue weighted by atomic mass is 9.92. The molecule has 4 rings (SSSR count). The standard InChI is InChI=1S/C22H24ClN3O2/c23-18-7-5-15(6-8-18)21(27)25-20-4-2-1-3-19(20)22(28)26-11-9-16-13-24-14-17(16)10-12-26/h1-8,16-17,24H,9-14H2,(H,25,27)/t16-,17+. The molecule has 0 saturated carbocycles. The Bertz CT molecular complexity index is 854. The van der Waals surface area contributed by atoms with Gasteiger partial charge in [0.25, 0.3) is 11.8 Å². The van der Waals surface area contributed by atoms with Gasteiger partial charge in [0.2, 0.25) is 0 Å². The zero-order chi connectivity index (χ0) is 19.5. The van der Waals surface area contributed by atoms with E-state index >= 15 is 0 Å². The highest BCUT2D eigenvalue weighted by molar-refractivity contribution is 6.30. The first-order valence-electron chi connectivity index (χ1n) is 9.78. The molecule has 2 aromatic carbocycles. The molecular formula is C22H24ClN3O2. The topological polar surface area (TPSA) is 61.4 Å². The number of rotatable bonds is 3. The van der Waals surface area contributed by atoms with Gasteiger partial charge >= 0.3 is 0 Å². The summed E-state index contributed by atoms with van der Waals surface area (Å²) in [6.45, 7) is 3.64. The molecule has 2 fully saturated rings. The van der Waals surface area contributed by atoms with Crippen molar-refractivity contribution >= 4 is 29.1 Å². The molecule has 2 N–H and O–H groups in total. The van der Waals surface area contributed by atoms with Crippen LogP contribution in [0, 0.1) is 11.8 Å². The summed E-state index contributed by atoms with van der Waals surface area (Å²) in [5.74, 6) is 1.06. The second kappa shape index (κ2) is 8.33. The van der Waals surface area contributed by atoms with E-state index in [1.165, 1.54) is 0 Å². The monoisotopic (exact) mass is 397 g/mol. The maximum Gasteiger partial charge on any atom is 0.255 e. The van der Waals surface area contributed by atoms with Crippen LogP contribution in [0.4, 0.5) is 5.69 Å². The zero-order valence-corrected chi connectivity index (χ0v) is 16.4. The second-order valence-corrected chi connectivity index (χ2v) is 7.99. The summed E-state index contributed by atoms with van der Waals surface area (Å²) in [5, 5.41) is 6.92. The molecule has 2 aliphatic rings. The van der Waals surface area contributed by atoms with Crippen molar-refractivity contribution in [3.05, 3.63) is 64.7 Å². The van der Waals surface area contributed by atoms with E-state index in [9.17, 15) is 9.59 Å². The van der Waals surface area contributed by atoms with Crippen molar-refractivity contribution in [3.63, 3.8) is 0 Å². The minimum Gasteiger partial charge on any atom is -0.339 e. The van der Waals surface area contributed by atoms with Crippen molar-refractivity contribution in [3.8, 4) is 0 Å². The number of amides is 2. The molecular weight excluding hydrogens is 374 g/mol. The summed E-state index contributed by atoms with van der Waals surface area (Å²) in [6.07, 6.45) is 2.06. The molecule has 0 unspecified atom stereocenters. The molecule has 6 heteroatoms. The molecule has 2 heterocycles. The second-order valence-electron chi connectivity index (χ2n) is 7.55. The Balaban J connectivity index is 1.49. The van der Waals surface area contributed by atoms with Crippen molar-refractivity contribution in [2.24, 2.45) is 11.8 Å². The van der Waals surface area contributed by atoms with Gasteiger partial charge in [0, 0.05) is 23.7 Å². The first-order chi connectivity index (χ1) is 13.6. The molecule has 146 valence electrons. The van der Waals surface area contributed by atoms with Crippen LogP contribution in [0.15, 0.2) is 48.5 Å². The Morgan fingerprint density at radius 3 is 2.29 bits per heavy atom. The number of para-hydroxylation sites is 1. The number of anilines is 1. The molecule has 0 bridgehead atoms. The SMILES string of the molecule is O=C(Nc1ccccc1C(=O)N1CC[C@@H]2CNC[C@@H]2CC1)c1ccc(Cl)cc1. The summed E-state index contributed by atoms with van der Waals surface area (Å²) in [5.41, 5.74) is 1.58. The molecule has 2 saturated heterocycles. The number of carbonyl (C=O) groups is 2. The third-order valence-electron chi connectivity index (χ3n) is 5.82. The minimum absolute atomic E-state index is 0.0139. The van der Waals surface area contributed by atoms with E-state index in [0.717, 1.165) is 39.0 Å². The summed E-state index contributed by atoms with van der Waals surface area (Å²) in [4.78, 5) is 27.7. The van der Waals surface area contributed by atoms with Gasteiger partial charge < -0.3 is 15.5 Å². The van der Waals surface area contributed by atoms with Crippen LogP contribution in [0.1, 0.15) is 33.6 Å². The highest BCUT2D eigenvalue weighted by atomic mass is 35.5. The molecule has 2 aromatic rings. The predicted octanol–water partition coefficient (Wildman–Crippen LogP) is 3.66. The normalized spacial score (nSPS) is 21.7. The van der Waals surface area contributed by atoms with Crippen LogP contribution >= 0.6 is 11.6 Å². The van der Waals surface area contributed by atoms with Crippen molar-refractivity contribution in [2.75, 3.05) is 31.5 Å². The Kier molecular flexibility index (Phi) is 5.64. The van der Waals surface area contributed by atoms with Gasteiger partial charge in [-0.15, -0.1) is 0 Å². The molecule has 0 radical (unpaired) electrons. The van der Waals surface area contributed by atoms with E-state index in [0.29, 0.717) is 33.7 Å². The van der Waals surface area contributed by atoms with Gasteiger partial charge in [-0.05, 0) is 74.2 Å². The smallest absolute Gasteiger partial charge is 0.255 e. The number of carbonyl (C=O) groups excluding carboxylic acids is 2. The number of likely N-dealkylation sites (tertiary alicyclic amines) is 1. The molecule has 28 heavy (non-hydrogen) atoms. The van der Waals surface area contributed by atoms with Crippen LogP contribution < -0.4 is 10.6 Å². The lowest BCUT2D eigenvalue weighted by Crippen LogP contribution is -2.33.